The van der Waals surface area contributed by atoms with E-state index in [1.54, 1.807) is 6.20 Å². The molecule has 2 unspecified atom stereocenters. The number of aromatic nitrogens is 1. The van der Waals surface area contributed by atoms with Gasteiger partial charge in [-0.3, -0.25) is 0 Å². The Morgan fingerprint density at radius 3 is 2.89 bits per heavy atom. The predicted octanol–water partition coefficient (Wildman–Crippen LogP) is 2.84. The fourth-order valence-electron chi connectivity index (χ4n) is 2.70. The fraction of sp³-hybridized carbons (Fsp3) is 0.571. The van der Waals surface area contributed by atoms with Crippen LogP contribution in [0.2, 0.25) is 0 Å². The van der Waals surface area contributed by atoms with Gasteiger partial charge in [0.1, 0.15) is 11.4 Å². The average Bonchev–Trinajstić information content (AvgIpc) is 2.32. The first-order valence-corrected chi connectivity index (χ1v) is 6.46. The minimum atomic E-state index is -0.847. The van der Waals surface area contributed by atoms with Crippen molar-refractivity contribution in [2.24, 2.45) is 5.92 Å². The zero-order valence-corrected chi connectivity index (χ0v) is 10.9. The molecule has 1 aliphatic carbocycles. The first kappa shape index (κ1) is 12.9. The lowest BCUT2D eigenvalue weighted by Crippen LogP contribution is -2.49. The van der Waals surface area contributed by atoms with Crippen LogP contribution in [0.1, 0.15) is 38.2 Å². The van der Waals surface area contributed by atoms with Crippen LogP contribution in [-0.2, 0) is 4.79 Å². The molecule has 1 fully saturated rings. The van der Waals surface area contributed by atoms with Crippen molar-refractivity contribution in [3.8, 4) is 0 Å². The molecule has 1 heterocycles. The van der Waals surface area contributed by atoms with E-state index in [-0.39, 0.29) is 0 Å². The highest BCUT2D eigenvalue weighted by molar-refractivity contribution is 5.82. The lowest BCUT2D eigenvalue weighted by molar-refractivity contribution is -0.144. The number of carboxylic acid groups (broad SMARTS) is 1. The molecule has 4 heteroatoms. The third-order valence-electron chi connectivity index (χ3n) is 3.69. The van der Waals surface area contributed by atoms with Crippen molar-refractivity contribution < 1.29 is 9.90 Å². The van der Waals surface area contributed by atoms with Gasteiger partial charge in [-0.05, 0) is 37.3 Å². The summed E-state index contributed by atoms with van der Waals surface area (Å²) in [7, 11) is 0. The van der Waals surface area contributed by atoms with Crippen molar-refractivity contribution in [1.29, 1.82) is 0 Å². The molecule has 98 valence electrons. The van der Waals surface area contributed by atoms with Crippen LogP contribution < -0.4 is 5.32 Å². The normalized spacial score (nSPS) is 27.8. The number of rotatable bonds is 3. The number of hydrogen-bond acceptors (Lipinski definition) is 3. The molecular weight excluding hydrogens is 228 g/mol. The van der Waals surface area contributed by atoms with Crippen LogP contribution in [0.25, 0.3) is 0 Å². The average molecular weight is 248 g/mol. The topological polar surface area (TPSA) is 62.2 Å². The van der Waals surface area contributed by atoms with Crippen LogP contribution in [0, 0.1) is 12.8 Å². The van der Waals surface area contributed by atoms with E-state index in [4.69, 9.17) is 0 Å². The largest absolute Gasteiger partial charge is 0.480 e. The van der Waals surface area contributed by atoms with Gasteiger partial charge in [-0.1, -0.05) is 25.8 Å². The molecular formula is C14H20N2O2. The summed E-state index contributed by atoms with van der Waals surface area (Å²) in [5, 5.41) is 12.7. The van der Waals surface area contributed by atoms with Crippen LogP contribution in [-0.4, -0.2) is 21.6 Å². The van der Waals surface area contributed by atoms with Gasteiger partial charge in [-0.2, -0.15) is 0 Å². The number of aryl methyl sites for hydroxylation is 1. The number of aliphatic carboxylic acids is 1. The SMILES string of the molecule is Cc1ccc(NC2(C(=O)O)CCCC(C)C2)nc1. The van der Waals surface area contributed by atoms with Gasteiger partial charge < -0.3 is 10.4 Å². The number of anilines is 1. The molecule has 0 aliphatic heterocycles. The van der Waals surface area contributed by atoms with Crippen LogP contribution in [0.5, 0.6) is 0 Å². The smallest absolute Gasteiger partial charge is 0.329 e. The second kappa shape index (κ2) is 4.96. The van der Waals surface area contributed by atoms with Crippen molar-refractivity contribution >= 4 is 11.8 Å². The summed E-state index contributed by atoms with van der Waals surface area (Å²) in [5.41, 5.74) is 0.224. The number of carbonyl (C=O) groups is 1. The van der Waals surface area contributed by atoms with Crippen LogP contribution >= 0.6 is 0 Å². The van der Waals surface area contributed by atoms with E-state index in [0.29, 0.717) is 24.6 Å². The highest BCUT2D eigenvalue weighted by atomic mass is 16.4. The van der Waals surface area contributed by atoms with Crippen molar-refractivity contribution in [1.82, 2.24) is 4.98 Å². The monoisotopic (exact) mass is 248 g/mol. The third-order valence-corrected chi connectivity index (χ3v) is 3.69. The zero-order chi connectivity index (χ0) is 13.2. The molecule has 0 saturated heterocycles. The Kier molecular flexibility index (Phi) is 3.55. The molecule has 1 aromatic heterocycles. The van der Waals surface area contributed by atoms with Crippen LogP contribution in [0.15, 0.2) is 18.3 Å². The molecule has 0 amide bonds. The standard InChI is InChI=1S/C14H20N2O2/c1-10-4-3-7-14(8-10,13(17)18)16-12-6-5-11(2)9-15-12/h5-6,9-10H,3-4,7-8H2,1-2H3,(H,15,16)(H,17,18). The van der Waals surface area contributed by atoms with Gasteiger partial charge >= 0.3 is 5.97 Å². The Morgan fingerprint density at radius 1 is 1.56 bits per heavy atom. The van der Waals surface area contributed by atoms with E-state index in [1.165, 1.54) is 0 Å². The fourth-order valence-corrected chi connectivity index (χ4v) is 2.70. The van der Waals surface area contributed by atoms with Crippen molar-refractivity contribution in [3.05, 3.63) is 23.9 Å². The van der Waals surface area contributed by atoms with Gasteiger partial charge in [0.05, 0.1) is 0 Å². The maximum absolute atomic E-state index is 11.6. The summed E-state index contributed by atoms with van der Waals surface area (Å²) in [6.07, 6.45) is 5.15. The molecule has 0 spiro atoms. The summed E-state index contributed by atoms with van der Waals surface area (Å²) in [6.45, 7) is 4.08. The van der Waals surface area contributed by atoms with Gasteiger partial charge in [0.15, 0.2) is 0 Å². The molecule has 1 saturated carbocycles. The Bertz CT molecular complexity index is 430. The maximum Gasteiger partial charge on any atom is 0.329 e. The lowest BCUT2D eigenvalue weighted by atomic mass is 9.76. The number of carboxylic acids is 1. The molecule has 18 heavy (non-hydrogen) atoms. The molecule has 1 aliphatic rings. The Morgan fingerprint density at radius 2 is 2.33 bits per heavy atom. The first-order chi connectivity index (χ1) is 8.52. The molecule has 2 N–H and O–H groups in total. The quantitative estimate of drug-likeness (QED) is 0.863. The Hall–Kier alpha value is -1.58. The Labute approximate surface area is 107 Å². The van der Waals surface area contributed by atoms with E-state index >= 15 is 0 Å². The summed E-state index contributed by atoms with van der Waals surface area (Å²) in [4.78, 5) is 15.9. The van der Waals surface area contributed by atoms with E-state index < -0.39 is 11.5 Å². The van der Waals surface area contributed by atoms with E-state index in [2.05, 4.69) is 17.2 Å². The third kappa shape index (κ3) is 2.63. The number of nitrogens with zero attached hydrogens (tertiary/aromatic N) is 1. The van der Waals surface area contributed by atoms with Gasteiger partial charge in [0.25, 0.3) is 0 Å². The molecule has 2 rings (SSSR count). The maximum atomic E-state index is 11.6. The number of pyridine rings is 1. The second-order valence-corrected chi connectivity index (χ2v) is 5.43. The van der Waals surface area contributed by atoms with Crippen molar-refractivity contribution in [2.45, 2.75) is 45.1 Å². The summed E-state index contributed by atoms with van der Waals surface area (Å²) >= 11 is 0. The number of nitrogens with one attached hydrogen (secondary N) is 1. The van der Waals surface area contributed by atoms with Gasteiger partial charge in [0, 0.05) is 6.20 Å². The number of hydrogen-bond donors (Lipinski definition) is 2. The highest BCUT2D eigenvalue weighted by Gasteiger charge is 2.42. The van der Waals surface area contributed by atoms with Crippen LogP contribution in [0.3, 0.4) is 0 Å². The first-order valence-electron chi connectivity index (χ1n) is 6.46. The zero-order valence-electron chi connectivity index (χ0n) is 10.9. The molecule has 2 atom stereocenters. The molecule has 0 aromatic carbocycles. The van der Waals surface area contributed by atoms with Gasteiger partial charge in [0.2, 0.25) is 0 Å². The minimum Gasteiger partial charge on any atom is -0.480 e. The van der Waals surface area contributed by atoms with Crippen molar-refractivity contribution in [3.63, 3.8) is 0 Å². The van der Waals surface area contributed by atoms with E-state index in [0.717, 1.165) is 18.4 Å². The van der Waals surface area contributed by atoms with Crippen LogP contribution in [0.4, 0.5) is 5.82 Å². The minimum absolute atomic E-state index is 0.438. The summed E-state index contributed by atoms with van der Waals surface area (Å²) < 4.78 is 0. The predicted molar refractivity (Wildman–Crippen MR) is 70.6 cm³/mol. The van der Waals surface area contributed by atoms with Crippen molar-refractivity contribution in [2.75, 3.05) is 5.32 Å². The van der Waals surface area contributed by atoms with E-state index in [9.17, 15) is 9.90 Å². The molecule has 1 aromatic rings. The van der Waals surface area contributed by atoms with Gasteiger partial charge in [-0.25, -0.2) is 9.78 Å². The summed E-state index contributed by atoms with van der Waals surface area (Å²) in [5.74, 6) is 0.321. The van der Waals surface area contributed by atoms with Gasteiger partial charge in [-0.15, -0.1) is 0 Å². The molecule has 0 bridgehead atoms. The summed E-state index contributed by atoms with van der Waals surface area (Å²) in [6, 6.07) is 3.79. The Balaban J connectivity index is 2.20. The molecule has 4 nitrogen and oxygen atoms in total. The highest BCUT2D eigenvalue weighted by Crippen LogP contribution is 2.34. The molecule has 0 radical (unpaired) electrons. The van der Waals surface area contributed by atoms with E-state index in [1.807, 2.05) is 19.1 Å². The lowest BCUT2D eigenvalue weighted by Gasteiger charge is -2.37. The second-order valence-electron chi connectivity index (χ2n) is 5.43.